The van der Waals surface area contributed by atoms with Gasteiger partial charge in [0.05, 0.1) is 7.11 Å². The predicted molar refractivity (Wildman–Crippen MR) is 69.1 cm³/mol. The van der Waals surface area contributed by atoms with Crippen molar-refractivity contribution in [2.24, 2.45) is 5.92 Å². The van der Waals surface area contributed by atoms with Crippen molar-refractivity contribution in [3.63, 3.8) is 0 Å². The summed E-state index contributed by atoms with van der Waals surface area (Å²) in [5.41, 5.74) is 1.36. The van der Waals surface area contributed by atoms with Crippen LogP contribution in [0.4, 0.5) is 0 Å². The van der Waals surface area contributed by atoms with E-state index in [-0.39, 0.29) is 0 Å². The van der Waals surface area contributed by atoms with E-state index in [0.717, 1.165) is 5.75 Å². The summed E-state index contributed by atoms with van der Waals surface area (Å²) in [6.45, 7) is 6.77. The Morgan fingerprint density at radius 3 is 2.00 bits per heavy atom. The number of nitrogens with one attached hydrogen (secondary N) is 1. The number of benzene rings is 1. The molecular weight excluding hydrogens is 198 g/mol. The van der Waals surface area contributed by atoms with Gasteiger partial charge in [-0.2, -0.15) is 0 Å². The summed E-state index contributed by atoms with van der Waals surface area (Å²) in [5.74, 6) is 2.06. The molecule has 0 bridgehead atoms. The van der Waals surface area contributed by atoms with Gasteiger partial charge in [-0.25, -0.2) is 0 Å². The number of rotatable bonds is 5. The Morgan fingerprint density at radius 1 is 1.06 bits per heavy atom. The molecule has 0 amide bonds. The van der Waals surface area contributed by atoms with Crippen LogP contribution in [0, 0.1) is 5.92 Å². The predicted octanol–water partition coefficient (Wildman–Crippen LogP) is 3.04. The van der Waals surface area contributed by atoms with Gasteiger partial charge in [-0.3, -0.25) is 0 Å². The van der Waals surface area contributed by atoms with Crippen molar-refractivity contribution in [1.82, 2.24) is 5.32 Å². The summed E-state index contributed by atoms with van der Waals surface area (Å²) in [4.78, 5) is 0. The van der Waals surface area contributed by atoms with Crippen LogP contribution in [-0.4, -0.2) is 20.2 Å². The van der Waals surface area contributed by atoms with Crippen molar-refractivity contribution in [3.05, 3.63) is 29.8 Å². The number of ether oxygens (including phenoxy) is 1. The minimum absolute atomic E-state index is 0.508. The van der Waals surface area contributed by atoms with Gasteiger partial charge in [0.25, 0.3) is 0 Å². The molecule has 90 valence electrons. The van der Waals surface area contributed by atoms with Gasteiger partial charge in [0, 0.05) is 6.04 Å². The first-order valence-corrected chi connectivity index (χ1v) is 5.91. The van der Waals surface area contributed by atoms with Gasteiger partial charge in [0.1, 0.15) is 5.75 Å². The second-order valence-electron chi connectivity index (χ2n) is 4.62. The zero-order valence-corrected chi connectivity index (χ0v) is 10.9. The zero-order valence-electron chi connectivity index (χ0n) is 10.9. The summed E-state index contributed by atoms with van der Waals surface area (Å²) in [5, 5.41) is 3.40. The number of methoxy groups -OCH3 is 1. The molecule has 2 heteroatoms. The normalized spacial score (nSPS) is 14.9. The molecule has 0 fully saturated rings. The molecule has 2 unspecified atom stereocenters. The number of hydrogen-bond donors (Lipinski definition) is 1. The lowest BCUT2D eigenvalue weighted by Crippen LogP contribution is -2.35. The summed E-state index contributed by atoms with van der Waals surface area (Å²) in [6, 6.07) is 8.86. The second kappa shape index (κ2) is 5.90. The van der Waals surface area contributed by atoms with Crippen molar-refractivity contribution in [1.29, 1.82) is 0 Å². The minimum atomic E-state index is 0.508. The van der Waals surface area contributed by atoms with Gasteiger partial charge >= 0.3 is 0 Å². The van der Waals surface area contributed by atoms with Crippen molar-refractivity contribution < 1.29 is 4.74 Å². The quantitative estimate of drug-likeness (QED) is 0.825. The van der Waals surface area contributed by atoms with Gasteiger partial charge in [0.2, 0.25) is 0 Å². The zero-order chi connectivity index (χ0) is 12.1. The van der Waals surface area contributed by atoms with E-state index in [0.29, 0.717) is 17.9 Å². The Balaban J connectivity index is 2.82. The molecular formula is C14H23NO. The highest BCUT2D eigenvalue weighted by molar-refractivity contribution is 5.29. The van der Waals surface area contributed by atoms with Crippen LogP contribution in [-0.2, 0) is 0 Å². The fourth-order valence-corrected chi connectivity index (χ4v) is 2.28. The average molecular weight is 221 g/mol. The van der Waals surface area contributed by atoms with Crippen LogP contribution in [0.25, 0.3) is 0 Å². The van der Waals surface area contributed by atoms with E-state index in [4.69, 9.17) is 4.74 Å². The maximum atomic E-state index is 5.17. The first-order chi connectivity index (χ1) is 7.60. The van der Waals surface area contributed by atoms with Crippen LogP contribution in [0.2, 0.25) is 0 Å². The average Bonchev–Trinajstić information content (AvgIpc) is 2.29. The molecule has 1 aromatic rings. The third kappa shape index (κ3) is 2.99. The Bertz CT molecular complexity index is 305. The molecule has 1 N–H and O–H groups in total. The molecule has 2 nitrogen and oxygen atoms in total. The minimum Gasteiger partial charge on any atom is -0.497 e. The van der Waals surface area contributed by atoms with E-state index in [9.17, 15) is 0 Å². The van der Waals surface area contributed by atoms with Gasteiger partial charge in [-0.15, -0.1) is 0 Å². The lowest BCUT2D eigenvalue weighted by atomic mass is 9.86. The van der Waals surface area contributed by atoms with Crippen molar-refractivity contribution in [2.45, 2.75) is 32.7 Å². The van der Waals surface area contributed by atoms with Crippen molar-refractivity contribution in [3.8, 4) is 5.75 Å². The molecule has 0 aromatic heterocycles. The lowest BCUT2D eigenvalue weighted by molar-refractivity contribution is 0.375. The second-order valence-corrected chi connectivity index (χ2v) is 4.62. The van der Waals surface area contributed by atoms with Crippen LogP contribution in [0.5, 0.6) is 5.75 Å². The lowest BCUT2D eigenvalue weighted by Gasteiger charge is -2.27. The third-order valence-electron chi connectivity index (χ3n) is 3.23. The van der Waals surface area contributed by atoms with E-state index in [1.54, 1.807) is 7.11 Å². The molecule has 0 heterocycles. The summed E-state index contributed by atoms with van der Waals surface area (Å²) in [6.07, 6.45) is 0. The molecule has 16 heavy (non-hydrogen) atoms. The topological polar surface area (TPSA) is 21.3 Å². The van der Waals surface area contributed by atoms with Crippen molar-refractivity contribution in [2.75, 3.05) is 14.2 Å². The largest absolute Gasteiger partial charge is 0.497 e. The molecule has 0 aliphatic heterocycles. The Labute approximate surface area is 99.0 Å². The third-order valence-corrected chi connectivity index (χ3v) is 3.23. The summed E-state index contributed by atoms with van der Waals surface area (Å²) >= 11 is 0. The van der Waals surface area contributed by atoms with E-state index in [1.165, 1.54) is 5.56 Å². The molecule has 0 radical (unpaired) electrons. The van der Waals surface area contributed by atoms with E-state index in [2.05, 4.69) is 38.2 Å². The van der Waals surface area contributed by atoms with Crippen LogP contribution in [0.1, 0.15) is 32.3 Å². The molecule has 0 saturated carbocycles. The smallest absolute Gasteiger partial charge is 0.118 e. The molecule has 0 aliphatic rings. The Morgan fingerprint density at radius 2 is 1.62 bits per heavy atom. The maximum absolute atomic E-state index is 5.17. The Kier molecular flexibility index (Phi) is 4.81. The van der Waals surface area contributed by atoms with Crippen LogP contribution in [0.3, 0.4) is 0 Å². The number of hydrogen-bond acceptors (Lipinski definition) is 2. The van der Waals surface area contributed by atoms with Gasteiger partial charge in [-0.1, -0.05) is 32.9 Å². The van der Waals surface area contributed by atoms with Crippen LogP contribution >= 0.6 is 0 Å². The highest BCUT2D eigenvalue weighted by Gasteiger charge is 2.20. The first kappa shape index (κ1) is 13.0. The highest BCUT2D eigenvalue weighted by atomic mass is 16.5. The van der Waals surface area contributed by atoms with Crippen LogP contribution < -0.4 is 10.1 Å². The highest BCUT2D eigenvalue weighted by Crippen LogP contribution is 2.25. The molecule has 2 atom stereocenters. The number of likely N-dealkylation sites (N-methyl/N-ethyl adjacent to an activating group) is 1. The van der Waals surface area contributed by atoms with Crippen LogP contribution in [0.15, 0.2) is 24.3 Å². The van der Waals surface area contributed by atoms with Gasteiger partial charge in [0.15, 0.2) is 0 Å². The fraction of sp³-hybridized carbons (Fsp3) is 0.571. The first-order valence-electron chi connectivity index (χ1n) is 5.91. The molecule has 0 spiro atoms. The van der Waals surface area contributed by atoms with Gasteiger partial charge < -0.3 is 10.1 Å². The van der Waals surface area contributed by atoms with Crippen molar-refractivity contribution >= 4 is 0 Å². The summed E-state index contributed by atoms with van der Waals surface area (Å²) < 4.78 is 5.17. The SMILES string of the molecule is CNC(C(C)C)C(C)c1ccc(OC)cc1. The summed E-state index contributed by atoms with van der Waals surface area (Å²) in [7, 11) is 3.73. The maximum Gasteiger partial charge on any atom is 0.118 e. The monoisotopic (exact) mass is 221 g/mol. The van der Waals surface area contributed by atoms with Gasteiger partial charge in [-0.05, 0) is 36.6 Å². The molecule has 0 aliphatic carbocycles. The Hall–Kier alpha value is -1.02. The fourth-order valence-electron chi connectivity index (χ4n) is 2.28. The van der Waals surface area contributed by atoms with E-state index in [1.807, 2.05) is 19.2 Å². The molecule has 1 rings (SSSR count). The standard InChI is InChI=1S/C14H23NO/c1-10(2)14(15-4)11(3)12-6-8-13(16-5)9-7-12/h6-11,14-15H,1-5H3. The molecule has 0 saturated heterocycles. The van der Waals surface area contributed by atoms with E-state index >= 15 is 0 Å². The van der Waals surface area contributed by atoms with E-state index < -0.39 is 0 Å². The molecule has 1 aromatic carbocycles.